The Morgan fingerprint density at radius 1 is 0.974 bits per heavy atom. The Balaban J connectivity index is 1.45. The number of rotatable bonds is 12. The largest absolute Gasteiger partial charge is 0.497 e. The molecular formula is C27H36N4O7. The fourth-order valence-electron chi connectivity index (χ4n) is 4.59. The normalized spacial score (nSPS) is 17.4. The lowest BCUT2D eigenvalue weighted by Crippen LogP contribution is -2.61. The summed E-state index contributed by atoms with van der Waals surface area (Å²) in [4.78, 5) is 37.1. The highest BCUT2D eigenvalue weighted by Crippen LogP contribution is 2.32. The summed E-state index contributed by atoms with van der Waals surface area (Å²) in [6, 6.07) is 17.2. The average molecular weight is 529 g/mol. The molecular weight excluding hydrogens is 492 g/mol. The Morgan fingerprint density at radius 2 is 1.68 bits per heavy atom. The summed E-state index contributed by atoms with van der Waals surface area (Å²) >= 11 is 0. The van der Waals surface area contributed by atoms with E-state index < -0.39 is 12.1 Å². The number of unbranched alkanes of at least 4 members (excludes halogenated alkanes) is 1. The van der Waals surface area contributed by atoms with Crippen LogP contribution in [0.15, 0.2) is 54.6 Å². The zero-order chi connectivity index (χ0) is 26.9. The van der Waals surface area contributed by atoms with E-state index in [9.17, 15) is 9.59 Å². The number of nitrogens with zero attached hydrogens (tertiary/aromatic N) is 4. The van der Waals surface area contributed by atoms with Crippen LogP contribution in [0.3, 0.4) is 0 Å². The maximum Gasteiger partial charge on any atom is 0.409 e. The van der Waals surface area contributed by atoms with Crippen molar-refractivity contribution in [2.75, 3.05) is 44.9 Å². The molecule has 11 heteroatoms. The fraction of sp³-hybridized carbons (Fsp3) is 0.481. The lowest BCUT2D eigenvalue weighted by molar-refractivity contribution is -0.492. The van der Waals surface area contributed by atoms with Gasteiger partial charge >= 0.3 is 6.09 Å². The van der Waals surface area contributed by atoms with Crippen LogP contribution < -0.4 is 9.64 Å². The van der Waals surface area contributed by atoms with E-state index in [1.54, 1.807) is 12.0 Å². The lowest BCUT2D eigenvalue weighted by Gasteiger charge is -2.43. The van der Waals surface area contributed by atoms with E-state index in [0.29, 0.717) is 32.5 Å². The highest BCUT2D eigenvalue weighted by molar-refractivity contribution is 5.87. The maximum atomic E-state index is 14.1. The van der Waals surface area contributed by atoms with Gasteiger partial charge in [0.1, 0.15) is 11.8 Å². The van der Waals surface area contributed by atoms with Crippen molar-refractivity contribution in [1.82, 2.24) is 15.2 Å². The molecule has 1 aliphatic heterocycles. The number of hydrogen-bond acceptors (Lipinski definition) is 9. The van der Waals surface area contributed by atoms with Gasteiger partial charge in [-0.1, -0.05) is 30.3 Å². The molecule has 38 heavy (non-hydrogen) atoms. The first kappa shape index (κ1) is 27.6. The predicted molar refractivity (Wildman–Crippen MR) is 138 cm³/mol. The van der Waals surface area contributed by atoms with Gasteiger partial charge in [-0.2, -0.15) is 0 Å². The standard InChI is InChI=1S/C27H36N4O7/c1-36-24-13-11-22(12-14-24)29-16-15-28(27(33)37-17-5-6-18-38-31(34)35)20-25(29)26(32)30(23-9-10-23)19-21-7-3-2-4-8-21/h2-4,7-8,11-14,23,25,34-35H,5-6,9-10,15-20H2,1H3/t25-/m1/s1. The van der Waals surface area contributed by atoms with E-state index in [-0.39, 0.29) is 37.1 Å². The molecule has 206 valence electrons. The van der Waals surface area contributed by atoms with Gasteiger partial charge in [0.25, 0.3) is 0 Å². The molecule has 2 aliphatic rings. The summed E-state index contributed by atoms with van der Waals surface area (Å²) in [5.74, 6) is 0.734. The number of carbonyl (C=O) groups is 2. The van der Waals surface area contributed by atoms with Crippen molar-refractivity contribution >= 4 is 17.7 Å². The number of hydrogen-bond donors (Lipinski definition) is 2. The summed E-state index contributed by atoms with van der Waals surface area (Å²) < 4.78 is 10.7. The SMILES string of the molecule is COc1ccc(N2CCN(C(=O)OCCCCON(O)O)C[C@@H]2C(=O)N(Cc2ccccc2)C2CC2)cc1. The maximum absolute atomic E-state index is 14.1. The molecule has 2 aromatic rings. The number of anilines is 1. The number of benzene rings is 2. The van der Waals surface area contributed by atoms with Gasteiger partial charge in [0.15, 0.2) is 0 Å². The number of piperazine rings is 1. The summed E-state index contributed by atoms with van der Waals surface area (Å²) in [7, 11) is 1.61. The molecule has 0 bridgehead atoms. The molecule has 2 fully saturated rings. The van der Waals surface area contributed by atoms with E-state index in [0.717, 1.165) is 29.8 Å². The summed E-state index contributed by atoms with van der Waals surface area (Å²) in [5.41, 5.74) is 1.97. The number of amides is 2. The minimum Gasteiger partial charge on any atom is -0.497 e. The van der Waals surface area contributed by atoms with Gasteiger partial charge in [0.05, 0.1) is 32.3 Å². The second kappa shape index (κ2) is 13.4. The number of carbonyl (C=O) groups excluding carboxylic acids is 2. The molecule has 11 nitrogen and oxygen atoms in total. The third-order valence-corrected chi connectivity index (χ3v) is 6.77. The zero-order valence-corrected chi connectivity index (χ0v) is 21.6. The van der Waals surface area contributed by atoms with E-state index in [1.165, 1.54) is 0 Å². The van der Waals surface area contributed by atoms with E-state index in [1.807, 2.05) is 59.5 Å². The Morgan fingerprint density at radius 3 is 2.34 bits per heavy atom. The molecule has 0 spiro atoms. The molecule has 0 radical (unpaired) electrons. The van der Waals surface area contributed by atoms with E-state index >= 15 is 0 Å². The molecule has 0 aromatic heterocycles. The van der Waals surface area contributed by atoms with Crippen LogP contribution in [-0.2, 0) is 20.9 Å². The van der Waals surface area contributed by atoms with Crippen molar-refractivity contribution in [1.29, 1.82) is 0 Å². The van der Waals surface area contributed by atoms with Crippen molar-refractivity contribution in [3.05, 3.63) is 60.2 Å². The Hall–Kier alpha value is -3.38. The molecule has 1 saturated heterocycles. The summed E-state index contributed by atoms with van der Waals surface area (Å²) in [6.07, 6.45) is 2.47. The molecule has 2 N–H and O–H groups in total. The van der Waals surface area contributed by atoms with Crippen molar-refractivity contribution < 1.29 is 34.3 Å². The molecule has 1 heterocycles. The van der Waals surface area contributed by atoms with Crippen molar-refractivity contribution in [2.45, 2.75) is 44.3 Å². The van der Waals surface area contributed by atoms with Gasteiger partial charge in [-0.25, -0.2) is 4.79 Å². The summed E-state index contributed by atoms with van der Waals surface area (Å²) in [5, 5.41) is 16.8. The molecule has 2 aromatic carbocycles. The highest BCUT2D eigenvalue weighted by atomic mass is 17.1. The first-order chi connectivity index (χ1) is 18.5. The van der Waals surface area contributed by atoms with Gasteiger partial charge in [0.2, 0.25) is 5.91 Å². The average Bonchev–Trinajstić information content (AvgIpc) is 3.79. The number of methoxy groups -OCH3 is 1. The molecule has 1 aliphatic carbocycles. The van der Waals surface area contributed by atoms with Crippen LogP contribution in [0.25, 0.3) is 0 Å². The predicted octanol–water partition coefficient (Wildman–Crippen LogP) is 3.31. The van der Waals surface area contributed by atoms with E-state index in [2.05, 4.69) is 9.74 Å². The van der Waals surface area contributed by atoms with Gasteiger partial charge in [-0.05, 0) is 55.5 Å². The monoisotopic (exact) mass is 528 g/mol. The molecule has 1 saturated carbocycles. The first-order valence-corrected chi connectivity index (χ1v) is 12.9. The van der Waals surface area contributed by atoms with Crippen LogP contribution in [0.2, 0.25) is 0 Å². The quantitative estimate of drug-likeness (QED) is 0.316. The van der Waals surface area contributed by atoms with Crippen molar-refractivity contribution in [2.24, 2.45) is 0 Å². The highest BCUT2D eigenvalue weighted by Gasteiger charge is 2.41. The first-order valence-electron chi connectivity index (χ1n) is 12.9. The second-order valence-electron chi connectivity index (χ2n) is 9.44. The summed E-state index contributed by atoms with van der Waals surface area (Å²) in [6.45, 7) is 1.90. The van der Waals surface area contributed by atoms with Crippen molar-refractivity contribution in [3.63, 3.8) is 0 Å². The molecule has 4 rings (SSSR count). The van der Waals surface area contributed by atoms with Gasteiger partial charge in [-0.15, -0.1) is 0 Å². The van der Waals surface area contributed by atoms with Crippen LogP contribution in [0.5, 0.6) is 5.75 Å². The Kier molecular flexibility index (Phi) is 9.77. The fourth-order valence-corrected chi connectivity index (χ4v) is 4.59. The molecule has 1 atom stereocenters. The van der Waals surface area contributed by atoms with Gasteiger partial charge < -0.3 is 24.2 Å². The minimum atomic E-state index is -0.553. The Labute approximate surface area is 222 Å². The van der Waals surface area contributed by atoms with Gasteiger partial charge in [0, 0.05) is 31.4 Å². The van der Waals surface area contributed by atoms with Crippen LogP contribution in [-0.4, -0.2) is 89.6 Å². The van der Waals surface area contributed by atoms with Crippen molar-refractivity contribution in [3.8, 4) is 5.75 Å². The third-order valence-electron chi connectivity index (χ3n) is 6.77. The molecule has 2 amide bonds. The zero-order valence-electron chi connectivity index (χ0n) is 21.6. The minimum absolute atomic E-state index is 0.000573. The number of ether oxygens (including phenoxy) is 2. The van der Waals surface area contributed by atoms with E-state index in [4.69, 9.17) is 19.9 Å². The van der Waals surface area contributed by atoms with Crippen LogP contribution >= 0.6 is 0 Å². The Bertz CT molecular complexity index is 1030. The smallest absolute Gasteiger partial charge is 0.409 e. The molecule has 0 unspecified atom stereocenters. The van der Waals surface area contributed by atoms with Crippen LogP contribution in [0, 0.1) is 0 Å². The van der Waals surface area contributed by atoms with Gasteiger partial charge in [-0.3, -0.25) is 20.0 Å². The topological polar surface area (TPSA) is 115 Å². The third kappa shape index (κ3) is 7.57. The second-order valence-corrected chi connectivity index (χ2v) is 9.44. The van der Waals surface area contributed by atoms with Crippen LogP contribution in [0.1, 0.15) is 31.2 Å². The lowest BCUT2D eigenvalue weighted by atomic mass is 10.1. The van der Waals surface area contributed by atoms with Crippen LogP contribution in [0.4, 0.5) is 10.5 Å².